The molecule has 0 atom stereocenters. The molecule has 0 amide bonds. The molecule has 1 aromatic rings. The quantitative estimate of drug-likeness (QED) is 0.550. The summed E-state index contributed by atoms with van der Waals surface area (Å²) < 4.78 is 12.3. The molecule has 0 aliphatic heterocycles. The summed E-state index contributed by atoms with van der Waals surface area (Å²) in [6, 6.07) is 0. The number of rotatable bonds is 1. The van der Waals surface area contributed by atoms with E-state index in [-0.39, 0.29) is 16.2 Å². The Morgan fingerprint density at radius 2 is 2.36 bits per heavy atom. The highest BCUT2D eigenvalue weighted by Crippen LogP contribution is 1.99. The standard InChI is InChI=1S/C5H4FN3O2/c6-9-1-3(2-10)4(7)8-5(9)11/h1-2H,(H2,7,8,11). The molecule has 1 heterocycles. The number of carbonyl (C=O) groups excluding carboxylic acids is 1. The van der Waals surface area contributed by atoms with Crippen LogP contribution in [0.5, 0.6) is 0 Å². The second kappa shape index (κ2) is 2.49. The van der Waals surface area contributed by atoms with Crippen molar-refractivity contribution < 1.29 is 9.28 Å². The van der Waals surface area contributed by atoms with Gasteiger partial charge in [0.15, 0.2) is 6.29 Å². The number of nitrogen functional groups attached to an aromatic ring is 1. The second-order valence-corrected chi connectivity index (χ2v) is 1.79. The van der Waals surface area contributed by atoms with Crippen molar-refractivity contribution >= 4 is 12.1 Å². The lowest BCUT2D eigenvalue weighted by Crippen LogP contribution is -2.19. The van der Waals surface area contributed by atoms with Gasteiger partial charge in [-0.05, 0) is 0 Å². The maximum Gasteiger partial charge on any atom is 0.377 e. The van der Waals surface area contributed by atoms with E-state index in [1.54, 1.807) is 0 Å². The van der Waals surface area contributed by atoms with Gasteiger partial charge in [0.1, 0.15) is 5.82 Å². The lowest BCUT2D eigenvalue weighted by Gasteiger charge is -1.95. The highest BCUT2D eigenvalue weighted by atomic mass is 19.2. The lowest BCUT2D eigenvalue weighted by molar-refractivity contribution is 0.112. The first-order valence-corrected chi connectivity index (χ1v) is 2.65. The van der Waals surface area contributed by atoms with E-state index < -0.39 is 5.69 Å². The van der Waals surface area contributed by atoms with Gasteiger partial charge in [-0.15, -0.1) is 4.79 Å². The van der Waals surface area contributed by atoms with Gasteiger partial charge < -0.3 is 5.73 Å². The van der Waals surface area contributed by atoms with E-state index in [0.29, 0.717) is 12.5 Å². The first-order valence-electron chi connectivity index (χ1n) is 2.65. The summed E-state index contributed by atoms with van der Waals surface area (Å²) in [7, 11) is 0. The van der Waals surface area contributed by atoms with Crippen molar-refractivity contribution in [2.45, 2.75) is 0 Å². The summed E-state index contributed by atoms with van der Waals surface area (Å²) in [6.45, 7) is 0. The predicted molar refractivity (Wildman–Crippen MR) is 34.8 cm³/mol. The van der Waals surface area contributed by atoms with Gasteiger partial charge in [-0.25, -0.2) is 4.79 Å². The van der Waals surface area contributed by atoms with Crippen LogP contribution in [-0.2, 0) is 0 Å². The molecule has 0 radical (unpaired) electrons. The summed E-state index contributed by atoms with van der Waals surface area (Å²) in [5.74, 6) is -0.265. The van der Waals surface area contributed by atoms with Crippen LogP contribution in [0.1, 0.15) is 10.4 Å². The zero-order valence-electron chi connectivity index (χ0n) is 5.32. The topological polar surface area (TPSA) is 78.0 Å². The van der Waals surface area contributed by atoms with Crippen molar-refractivity contribution in [3.63, 3.8) is 0 Å². The average Bonchev–Trinajstić information content (AvgIpc) is 1.97. The predicted octanol–water partition coefficient (Wildman–Crippen LogP) is -0.629. The van der Waals surface area contributed by atoms with Crippen molar-refractivity contribution in [2.75, 3.05) is 5.73 Å². The van der Waals surface area contributed by atoms with Gasteiger partial charge in [0, 0.05) is 0 Å². The van der Waals surface area contributed by atoms with Crippen LogP contribution in [0.25, 0.3) is 0 Å². The molecule has 2 N–H and O–H groups in total. The highest BCUT2D eigenvalue weighted by molar-refractivity contribution is 5.80. The van der Waals surface area contributed by atoms with Crippen molar-refractivity contribution in [1.29, 1.82) is 0 Å². The van der Waals surface area contributed by atoms with E-state index in [1.807, 2.05) is 0 Å². The molecule has 1 rings (SSSR count). The summed E-state index contributed by atoms with van der Waals surface area (Å²) in [5.41, 5.74) is 3.80. The Hall–Kier alpha value is -1.72. The fourth-order valence-electron chi connectivity index (χ4n) is 0.550. The molecule has 0 aromatic carbocycles. The Balaban J connectivity index is 3.43. The van der Waals surface area contributed by atoms with E-state index in [1.165, 1.54) is 0 Å². The Morgan fingerprint density at radius 1 is 1.73 bits per heavy atom. The minimum atomic E-state index is -1.13. The van der Waals surface area contributed by atoms with E-state index in [4.69, 9.17) is 5.73 Å². The number of nitrogens with two attached hydrogens (primary N) is 1. The summed E-state index contributed by atoms with van der Waals surface area (Å²) >= 11 is 0. The number of halogens is 1. The molecule has 58 valence electrons. The van der Waals surface area contributed by atoms with Crippen LogP contribution in [0.15, 0.2) is 11.0 Å². The number of hydrogen-bond acceptors (Lipinski definition) is 4. The molecular formula is C5H4FN3O2. The first kappa shape index (κ1) is 7.39. The average molecular weight is 157 g/mol. The number of aldehydes is 1. The minimum absolute atomic E-state index is 0.146. The Kier molecular flexibility index (Phi) is 1.67. The molecule has 0 aliphatic rings. The van der Waals surface area contributed by atoms with Crippen LogP contribution in [0.3, 0.4) is 0 Å². The van der Waals surface area contributed by atoms with E-state index in [0.717, 1.165) is 0 Å². The van der Waals surface area contributed by atoms with Crippen molar-refractivity contribution in [3.8, 4) is 0 Å². The molecule has 0 bridgehead atoms. The van der Waals surface area contributed by atoms with Crippen LogP contribution < -0.4 is 11.4 Å². The third-order valence-corrected chi connectivity index (χ3v) is 1.07. The van der Waals surface area contributed by atoms with E-state index in [9.17, 15) is 14.1 Å². The van der Waals surface area contributed by atoms with Crippen LogP contribution in [0.2, 0.25) is 0 Å². The fraction of sp³-hybridized carbons (Fsp3) is 0. The van der Waals surface area contributed by atoms with Gasteiger partial charge in [-0.3, -0.25) is 4.79 Å². The van der Waals surface area contributed by atoms with Crippen molar-refractivity contribution in [2.24, 2.45) is 0 Å². The van der Waals surface area contributed by atoms with Gasteiger partial charge in [0.2, 0.25) is 0 Å². The molecule has 1 aromatic heterocycles. The third-order valence-electron chi connectivity index (χ3n) is 1.07. The monoisotopic (exact) mass is 157 g/mol. The normalized spacial score (nSPS) is 9.55. The van der Waals surface area contributed by atoms with Gasteiger partial charge in [0.05, 0.1) is 11.8 Å². The van der Waals surface area contributed by atoms with Crippen LogP contribution in [0.4, 0.5) is 10.3 Å². The zero-order chi connectivity index (χ0) is 8.43. The number of anilines is 1. The highest BCUT2D eigenvalue weighted by Gasteiger charge is 2.02. The Bertz CT molecular complexity index is 346. The molecule has 0 unspecified atom stereocenters. The maximum atomic E-state index is 12.3. The van der Waals surface area contributed by atoms with E-state index >= 15 is 0 Å². The summed E-state index contributed by atoms with van der Waals surface area (Å²) in [6.07, 6.45) is 0.996. The largest absolute Gasteiger partial charge is 0.383 e. The number of carbonyl (C=O) groups is 1. The Morgan fingerprint density at radius 3 is 2.91 bits per heavy atom. The van der Waals surface area contributed by atoms with Gasteiger partial charge in [0.25, 0.3) is 0 Å². The fourth-order valence-corrected chi connectivity index (χ4v) is 0.550. The molecule has 0 fully saturated rings. The maximum absolute atomic E-state index is 12.3. The minimum Gasteiger partial charge on any atom is -0.383 e. The molecular weight excluding hydrogens is 153 g/mol. The summed E-state index contributed by atoms with van der Waals surface area (Å²) in [5, 5.41) is 0. The molecule has 0 saturated carbocycles. The number of aromatic nitrogens is 2. The zero-order valence-corrected chi connectivity index (χ0v) is 5.32. The van der Waals surface area contributed by atoms with Crippen LogP contribution in [-0.4, -0.2) is 16.1 Å². The first-order chi connectivity index (χ1) is 5.15. The van der Waals surface area contributed by atoms with Crippen molar-refractivity contribution in [3.05, 3.63) is 22.2 Å². The smallest absolute Gasteiger partial charge is 0.377 e. The number of nitrogens with zero attached hydrogens (tertiary/aromatic N) is 2. The van der Waals surface area contributed by atoms with Crippen LogP contribution >= 0.6 is 0 Å². The SMILES string of the molecule is Nc1nc(=O)n(F)cc1C=O. The molecule has 5 nitrogen and oxygen atoms in total. The van der Waals surface area contributed by atoms with Gasteiger partial charge in [-0.1, -0.05) is 4.48 Å². The third kappa shape index (κ3) is 1.23. The summed E-state index contributed by atoms with van der Waals surface area (Å²) in [4.78, 5) is 23.2. The molecule has 6 heteroatoms. The van der Waals surface area contributed by atoms with Gasteiger partial charge >= 0.3 is 5.69 Å². The molecule has 0 spiro atoms. The molecule has 0 saturated heterocycles. The van der Waals surface area contributed by atoms with Crippen molar-refractivity contribution in [1.82, 2.24) is 9.77 Å². The molecule has 11 heavy (non-hydrogen) atoms. The molecule has 0 aliphatic carbocycles. The number of hydrogen-bond donors (Lipinski definition) is 1. The second-order valence-electron chi connectivity index (χ2n) is 1.79. The Labute approximate surface area is 60.2 Å². The lowest BCUT2D eigenvalue weighted by atomic mass is 10.3. The van der Waals surface area contributed by atoms with E-state index in [2.05, 4.69) is 4.98 Å². The van der Waals surface area contributed by atoms with Crippen LogP contribution in [0, 0.1) is 0 Å². The van der Waals surface area contributed by atoms with Gasteiger partial charge in [-0.2, -0.15) is 4.98 Å².